The van der Waals surface area contributed by atoms with Gasteiger partial charge in [-0.05, 0) is 25.5 Å². The van der Waals surface area contributed by atoms with Crippen molar-refractivity contribution in [2.45, 2.75) is 24.0 Å². The lowest BCUT2D eigenvalue weighted by molar-refractivity contribution is -0.115. The normalized spacial score (nSPS) is 23.1. The van der Waals surface area contributed by atoms with E-state index >= 15 is 0 Å². The van der Waals surface area contributed by atoms with E-state index in [-0.39, 0.29) is 4.90 Å². The number of amides is 1. The molecule has 0 spiro atoms. The molecule has 0 aromatic heterocycles. The molecule has 2 rings (SSSR count). The molecule has 1 N–H and O–H groups in total. The smallest absolute Gasteiger partial charge is 0.242 e. The maximum atomic E-state index is 12.0. The van der Waals surface area contributed by atoms with Crippen LogP contribution in [0.15, 0.2) is 23.1 Å². The van der Waals surface area contributed by atoms with E-state index in [1.807, 2.05) is 0 Å². The van der Waals surface area contributed by atoms with Gasteiger partial charge in [-0.3, -0.25) is 4.79 Å². The van der Waals surface area contributed by atoms with Gasteiger partial charge in [0.2, 0.25) is 5.91 Å². The molecule has 15 heavy (non-hydrogen) atoms. The van der Waals surface area contributed by atoms with Gasteiger partial charge in [0.25, 0.3) is 0 Å². The number of hydrogen-bond acceptors (Lipinski definition) is 3. The van der Waals surface area contributed by atoms with Gasteiger partial charge in [0.1, 0.15) is 5.25 Å². The first kappa shape index (κ1) is 10.2. The van der Waals surface area contributed by atoms with Crippen molar-refractivity contribution >= 4 is 21.4 Å². The molecule has 5 heteroatoms. The van der Waals surface area contributed by atoms with Crippen LogP contribution < -0.4 is 5.32 Å². The maximum absolute atomic E-state index is 12.0. The van der Waals surface area contributed by atoms with E-state index < -0.39 is 21.0 Å². The number of aryl methyl sites for hydroxylation is 1. The summed E-state index contributed by atoms with van der Waals surface area (Å²) in [7, 11) is -3.51. The molecule has 1 unspecified atom stereocenters. The SMILES string of the molecule is Cc1cccc2c1S(=O)(=O)C(C)C(=O)N2. The molecule has 0 aliphatic carbocycles. The summed E-state index contributed by atoms with van der Waals surface area (Å²) in [5, 5.41) is 1.58. The summed E-state index contributed by atoms with van der Waals surface area (Å²) in [6, 6.07) is 5.05. The molecule has 1 aliphatic heterocycles. The second-order valence-corrected chi connectivity index (χ2v) is 5.83. The van der Waals surface area contributed by atoms with Crippen LogP contribution in [0.2, 0.25) is 0 Å². The van der Waals surface area contributed by atoms with Gasteiger partial charge in [0, 0.05) is 0 Å². The first-order valence-electron chi connectivity index (χ1n) is 4.59. The third-order valence-corrected chi connectivity index (χ3v) is 4.84. The number of carbonyl (C=O) groups excluding carboxylic acids is 1. The Balaban J connectivity index is 2.79. The standard InChI is InChI=1S/C10H11NO3S/c1-6-4-3-5-8-9(6)15(13,14)7(2)10(12)11-8/h3-5,7H,1-2H3,(H,11,12). The fourth-order valence-electron chi connectivity index (χ4n) is 1.68. The molecule has 1 heterocycles. The predicted octanol–water partition coefficient (Wildman–Crippen LogP) is 1.11. The molecule has 0 bridgehead atoms. The molecule has 1 aliphatic rings. The molecule has 1 aromatic carbocycles. The highest BCUT2D eigenvalue weighted by Crippen LogP contribution is 2.32. The van der Waals surface area contributed by atoms with Crippen LogP contribution in [0.1, 0.15) is 12.5 Å². The number of sulfone groups is 1. The highest BCUT2D eigenvalue weighted by atomic mass is 32.2. The molecule has 4 nitrogen and oxygen atoms in total. The Morgan fingerprint density at radius 3 is 2.67 bits per heavy atom. The second kappa shape index (κ2) is 3.06. The molecule has 1 amide bonds. The lowest BCUT2D eigenvalue weighted by Crippen LogP contribution is -2.38. The van der Waals surface area contributed by atoms with Crippen molar-refractivity contribution in [3.63, 3.8) is 0 Å². The number of rotatable bonds is 0. The molecule has 0 saturated heterocycles. The van der Waals surface area contributed by atoms with E-state index in [0.717, 1.165) is 0 Å². The fourth-order valence-corrected chi connectivity index (χ4v) is 3.32. The van der Waals surface area contributed by atoms with Crippen molar-refractivity contribution in [1.29, 1.82) is 0 Å². The summed E-state index contributed by atoms with van der Waals surface area (Å²) < 4.78 is 23.9. The summed E-state index contributed by atoms with van der Waals surface area (Å²) in [4.78, 5) is 11.6. The Labute approximate surface area is 88.2 Å². The van der Waals surface area contributed by atoms with E-state index in [1.54, 1.807) is 25.1 Å². The highest BCUT2D eigenvalue weighted by molar-refractivity contribution is 7.93. The lowest BCUT2D eigenvalue weighted by atomic mass is 10.2. The summed E-state index contributed by atoms with van der Waals surface area (Å²) in [6.07, 6.45) is 0. The number of anilines is 1. The summed E-state index contributed by atoms with van der Waals surface area (Å²) in [5.41, 5.74) is 1.05. The molecule has 0 radical (unpaired) electrons. The van der Waals surface area contributed by atoms with Crippen LogP contribution in [-0.2, 0) is 14.6 Å². The highest BCUT2D eigenvalue weighted by Gasteiger charge is 2.37. The van der Waals surface area contributed by atoms with E-state index in [9.17, 15) is 13.2 Å². The average Bonchev–Trinajstić information content (AvgIpc) is 2.14. The van der Waals surface area contributed by atoms with Crippen molar-refractivity contribution in [2.24, 2.45) is 0 Å². The number of benzene rings is 1. The third-order valence-electron chi connectivity index (χ3n) is 2.59. The van der Waals surface area contributed by atoms with Crippen molar-refractivity contribution in [1.82, 2.24) is 0 Å². The molecular weight excluding hydrogens is 214 g/mol. The summed E-state index contributed by atoms with van der Waals surface area (Å²) in [6.45, 7) is 3.13. The van der Waals surface area contributed by atoms with E-state index in [4.69, 9.17) is 0 Å². The van der Waals surface area contributed by atoms with Crippen LogP contribution in [0.4, 0.5) is 5.69 Å². The predicted molar refractivity (Wildman–Crippen MR) is 56.5 cm³/mol. The number of fused-ring (bicyclic) bond motifs is 1. The van der Waals surface area contributed by atoms with Crippen molar-refractivity contribution in [2.75, 3.05) is 5.32 Å². The van der Waals surface area contributed by atoms with Crippen LogP contribution in [0.3, 0.4) is 0 Å². The molecule has 80 valence electrons. The van der Waals surface area contributed by atoms with Gasteiger partial charge < -0.3 is 5.32 Å². The molecule has 1 aromatic rings. The van der Waals surface area contributed by atoms with Gasteiger partial charge in [-0.1, -0.05) is 12.1 Å². The fraction of sp³-hybridized carbons (Fsp3) is 0.300. The minimum atomic E-state index is -3.51. The third kappa shape index (κ3) is 1.34. The van der Waals surface area contributed by atoms with Gasteiger partial charge in [0.15, 0.2) is 9.84 Å². The zero-order valence-electron chi connectivity index (χ0n) is 8.44. The Morgan fingerprint density at radius 2 is 2.00 bits per heavy atom. The number of hydrogen-bond donors (Lipinski definition) is 1. The number of nitrogens with one attached hydrogen (secondary N) is 1. The molecule has 0 saturated carbocycles. The minimum Gasteiger partial charge on any atom is -0.324 e. The lowest BCUT2D eigenvalue weighted by Gasteiger charge is -2.23. The topological polar surface area (TPSA) is 63.2 Å². The number of carbonyl (C=O) groups is 1. The first-order valence-corrected chi connectivity index (χ1v) is 6.13. The Kier molecular flexibility index (Phi) is 2.08. The molecule has 0 fully saturated rings. The van der Waals surface area contributed by atoms with Gasteiger partial charge in [-0.2, -0.15) is 0 Å². The molecular formula is C10H11NO3S. The zero-order valence-corrected chi connectivity index (χ0v) is 9.26. The van der Waals surface area contributed by atoms with Crippen LogP contribution in [0, 0.1) is 6.92 Å². The van der Waals surface area contributed by atoms with E-state index in [2.05, 4.69) is 5.32 Å². The monoisotopic (exact) mass is 225 g/mol. The van der Waals surface area contributed by atoms with E-state index in [1.165, 1.54) is 6.92 Å². The van der Waals surface area contributed by atoms with Gasteiger partial charge in [-0.15, -0.1) is 0 Å². The Hall–Kier alpha value is -1.36. The summed E-state index contributed by atoms with van der Waals surface area (Å²) >= 11 is 0. The van der Waals surface area contributed by atoms with Gasteiger partial charge >= 0.3 is 0 Å². The van der Waals surface area contributed by atoms with Crippen molar-refractivity contribution in [3.8, 4) is 0 Å². The van der Waals surface area contributed by atoms with Crippen LogP contribution in [-0.4, -0.2) is 19.6 Å². The largest absolute Gasteiger partial charge is 0.324 e. The Bertz CT molecular complexity index is 534. The molecule has 1 atom stereocenters. The second-order valence-electron chi connectivity index (χ2n) is 3.63. The van der Waals surface area contributed by atoms with Crippen molar-refractivity contribution in [3.05, 3.63) is 23.8 Å². The maximum Gasteiger partial charge on any atom is 0.242 e. The average molecular weight is 225 g/mol. The van der Waals surface area contributed by atoms with E-state index in [0.29, 0.717) is 11.3 Å². The first-order chi connectivity index (χ1) is 6.94. The van der Waals surface area contributed by atoms with Gasteiger partial charge in [-0.25, -0.2) is 8.42 Å². The van der Waals surface area contributed by atoms with Gasteiger partial charge in [0.05, 0.1) is 10.6 Å². The van der Waals surface area contributed by atoms with Crippen molar-refractivity contribution < 1.29 is 13.2 Å². The minimum absolute atomic E-state index is 0.247. The zero-order chi connectivity index (χ0) is 11.2. The quantitative estimate of drug-likeness (QED) is 0.719. The summed E-state index contributed by atoms with van der Waals surface area (Å²) in [5.74, 6) is -0.465. The van der Waals surface area contributed by atoms with Crippen LogP contribution in [0.25, 0.3) is 0 Å². The van der Waals surface area contributed by atoms with Crippen LogP contribution in [0.5, 0.6) is 0 Å². The van der Waals surface area contributed by atoms with Crippen LogP contribution >= 0.6 is 0 Å². The Morgan fingerprint density at radius 1 is 1.33 bits per heavy atom.